The van der Waals surface area contributed by atoms with Gasteiger partial charge in [0.15, 0.2) is 23.3 Å². The first-order valence-corrected chi connectivity index (χ1v) is 7.45. The van der Waals surface area contributed by atoms with Crippen LogP contribution in [0.2, 0.25) is 0 Å². The van der Waals surface area contributed by atoms with Crippen molar-refractivity contribution < 1.29 is 31.2 Å². The van der Waals surface area contributed by atoms with Gasteiger partial charge in [0.05, 0.1) is 12.8 Å². The first-order valence-electron chi connectivity index (χ1n) is 7.45. The van der Waals surface area contributed by atoms with E-state index in [4.69, 9.17) is 4.42 Å². The zero-order valence-electron chi connectivity index (χ0n) is 12.9. The van der Waals surface area contributed by atoms with Gasteiger partial charge in [-0.1, -0.05) is 0 Å². The van der Waals surface area contributed by atoms with Gasteiger partial charge in [0.1, 0.15) is 11.3 Å². The van der Waals surface area contributed by atoms with Crippen molar-refractivity contribution in [1.82, 2.24) is 9.80 Å². The zero-order valence-corrected chi connectivity index (χ0v) is 12.9. The summed E-state index contributed by atoms with van der Waals surface area (Å²) in [6.45, 7) is 1.44. The number of amides is 1. The van der Waals surface area contributed by atoms with Gasteiger partial charge >= 0.3 is 0 Å². The van der Waals surface area contributed by atoms with E-state index < -0.39 is 40.6 Å². The van der Waals surface area contributed by atoms with Gasteiger partial charge in [0.25, 0.3) is 5.91 Å². The van der Waals surface area contributed by atoms with Crippen molar-refractivity contribution in [3.63, 3.8) is 0 Å². The van der Waals surface area contributed by atoms with Crippen LogP contribution in [0.3, 0.4) is 0 Å². The minimum Gasteiger partial charge on any atom is -0.468 e. The third-order valence-electron chi connectivity index (χ3n) is 4.04. The van der Waals surface area contributed by atoms with Crippen molar-refractivity contribution in [3.05, 3.63) is 58.8 Å². The average molecular weight is 360 g/mol. The number of carbonyl (C=O) groups is 1. The molecule has 2 heterocycles. The fourth-order valence-corrected chi connectivity index (χ4v) is 2.68. The van der Waals surface area contributed by atoms with Gasteiger partial charge in [0.2, 0.25) is 5.82 Å². The lowest BCUT2D eigenvalue weighted by molar-refractivity contribution is 0.0608. The molecule has 1 aromatic heterocycles. The molecule has 1 aliphatic rings. The van der Waals surface area contributed by atoms with Gasteiger partial charge in [-0.3, -0.25) is 9.69 Å². The second-order valence-electron chi connectivity index (χ2n) is 5.59. The van der Waals surface area contributed by atoms with Gasteiger partial charge in [-0.15, -0.1) is 0 Å². The van der Waals surface area contributed by atoms with Crippen molar-refractivity contribution in [2.45, 2.75) is 6.54 Å². The van der Waals surface area contributed by atoms with Gasteiger partial charge in [-0.25, -0.2) is 22.0 Å². The molecule has 0 atom stereocenters. The Balaban J connectivity index is 1.73. The number of benzene rings is 1. The Morgan fingerprint density at radius 2 is 1.48 bits per heavy atom. The van der Waals surface area contributed by atoms with Crippen molar-refractivity contribution >= 4 is 5.91 Å². The lowest BCUT2D eigenvalue weighted by Gasteiger charge is -2.34. The Kier molecular flexibility index (Phi) is 4.76. The van der Waals surface area contributed by atoms with Gasteiger partial charge in [-0.05, 0) is 12.1 Å². The van der Waals surface area contributed by atoms with Crippen LogP contribution in [-0.4, -0.2) is 41.9 Å². The summed E-state index contributed by atoms with van der Waals surface area (Å²) >= 11 is 0. The van der Waals surface area contributed by atoms with Gasteiger partial charge in [0, 0.05) is 26.2 Å². The van der Waals surface area contributed by atoms with E-state index in [2.05, 4.69) is 0 Å². The van der Waals surface area contributed by atoms with Crippen LogP contribution < -0.4 is 0 Å². The number of nitrogens with zero attached hydrogens (tertiary/aromatic N) is 2. The molecule has 4 nitrogen and oxygen atoms in total. The summed E-state index contributed by atoms with van der Waals surface area (Å²) in [5, 5.41) is 0. The van der Waals surface area contributed by atoms with E-state index in [9.17, 15) is 26.7 Å². The molecule has 0 unspecified atom stereocenters. The molecular weight excluding hydrogens is 347 g/mol. The number of carbonyl (C=O) groups excluding carboxylic acids is 1. The molecule has 3 rings (SSSR count). The summed E-state index contributed by atoms with van der Waals surface area (Å²) in [7, 11) is 0. The summed E-state index contributed by atoms with van der Waals surface area (Å²) in [5.41, 5.74) is -1.42. The number of rotatable bonds is 3. The van der Waals surface area contributed by atoms with Crippen molar-refractivity contribution in [2.24, 2.45) is 0 Å². The highest BCUT2D eigenvalue weighted by molar-refractivity contribution is 5.95. The average Bonchev–Trinajstić information content (AvgIpc) is 3.12. The van der Waals surface area contributed by atoms with E-state index in [1.54, 1.807) is 12.1 Å². The molecule has 0 saturated carbocycles. The molecule has 0 spiro atoms. The van der Waals surface area contributed by atoms with E-state index in [1.165, 1.54) is 6.26 Å². The van der Waals surface area contributed by atoms with Crippen molar-refractivity contribution in [2.75, 3.05) is 26.2 Å². The summed E-state index contributed by atoms with van der Waals surface area (Å²) in [5.74, 6) is -11.3. The molecule has 1 aliphatic heterocycles. The maximum atomic E-state index is 13.7. The first-order chi connectivity index (χ1) is 11.9. The van der Waals surface area contributed by atoms with Crippen LogP contribution in [0, 0.1) is 29.1 Å². The maximum absolute atomic E-state index is 13.7. The lowest BCUT2D eigenvalue weighted by atomic mass is 10.1. The Labute approximate surface area is 139 Å². The van der Waals surface area contributed by atoms with E-state index in [0.717, 1.165) is 10.7 Å². The van der Waals surface area contributed by atoms with E-state index >= 15 is 0 Å². The zero-order chi connectivity index (χ0) is 18.1. The van der Waals surface area contributed by atoms with Crippen molar-refractivity contribution in [1.29, 1.82) is 0 Å². The minimum absolute atomic E-state index is 0.0963. The van der Waals surface area contributed by atoms with Crippen LogP contribution in [0.15, 0.2) is 22.8 Å². The van der Waals surface area contributed by atoms with Crippen molar-refractivity contribution in [3.8, 4) is 0 Å². The van der Waals surface area contributed by atoms with E-state index in [1.807, 2.05) is 4.90 Å². The normalized spacial score (nSPS) is 15.6. The molecule has 2 aromatic rings. The second-order valence-corrected chi connectivity index (χ2v) is 5.59. The first kappa shape index (κ1) is 17.4. The molecule has 1 saturated heterocycles. The topological polar surface area (TPSA) is 36.7 Å². The van der Waals surface area contributed by atoms with Crippen LogP contribution >= 0.6 is 0 Å². The molecule has 1 fully saturated rings. The molecular formula is C16H13F5N2O2. The number of hydrogen-bond donors (Lipinski definition) is 0. The smallest absolute Gasteiger partial charge is 0.260 e. The minimum atomic E-state index is -2.28. The fourth-order valence-electron chi connectivity index (χ4n) is 2.68. The number of hydrogen-bond acceptors (Lipinski definition) is 3. The van der Waals surface area contributed by atoms with Crippen LogP contribution in [-0.2, 0) is 6.54 Å². The molecule has 1 aromatic carbocycles. The van der Waals surface area contributed by atoms with Crippen LogP contribution in [0.4, 0.5) is 22.0 Å². The van der Waals surface area contributed by atoms with Gasteiger partial charge in [-0.2, -0.15) is 0 Å². The Morgan fingerprint density at radius 3 is 2.00 bits per heavy atom. The number of furan rings is 1. The summed E-state index contributed by atoms with van der Waals surface area (Å²) in [6.07, 6.45) is 1.53. The van der Waals surface area contributed by atoms with Crippen LogP contribution in [0.5, 0.6) is 0 Å². The molecule has 0 radical (unpaired) electrons. The monoisotopic (exact) mass is 360 g/mol. The largest absolute Gasteiger partial charge is 0.468 e. The molecule has 0 aliphatic carbocycles. The predicted molar refractivity (Wildman–Crippen MR) is 76.1 cm³/mol. The highest BCUT2D eigenvalue weighted by Gasteiger charge is 2.33. The van der Waals surface area contributed by atoms with Crippen LogP contribution in [0.25, 0.3) is 0 Å². The Morgan fingerprint density at radius 1 is 0.920 bits per heavy atom. The highest BCUT2D eigenvalue weighted by atomic mass is 19.2. The van der Waals surface area contributed by atoms with Crippen LogP contribution in [0.1, 0.15) is 16.1 Å². The fraction of sp³-hybridized carbons (Fsp3) is 0.312. The molecule has 0 N–H and O–H groups in total. The standard InChI is InChI=1S/C16H13F5N2O2/c17-11-10(12(18)14(20)15(21)13(11)19)16(24)23-5-3-22(4-6-23)8-9-2-1-7-25-9/h1-2,7H,3-6,8H2. The maximum Gasteiger partial charge on any atom is 0.260 e. The molecule has 9 heteroatoms. The molecule has 0 bridgehead atoms. The summed E-state index contributed by atoms with van der Waals surface area (Å²) in [4.78, 5) is 15.2. The van der Waals surface area contributed by atoms with Gasteiger partial charge < -0.3 is 9.32 Å². The summed E-state index contributed by atoms with van der Waals surface area (Å²) in [6, 6.07) is 3.52. The molecule has 25 heavy (non-hydrogen) atoms. The third kappa shape index (κ3) is 3.23. The predicted octanol–water partition coefficient (Wildman–Crippen LogP) is 2.93. The number of piperazine rings is 1. The molecule has 1 amide bonds. The van der Waals surface area contributed by atoms with E-state index in [0.29, 0.717) is 19.6 Å². The van der Waals surface area contributed by atoms with E-state index in [-0.39, 0.29) is 13.1 Å². The highest BCUT2D eigenvalue weighted by Crippen LogP contribution is 2.24. The Hall–Kier alpha value is -2.42. The summed E-state index contributed by atoms with van der Waals surface area (Å²) < 4.78 is 72.3. The Bertz CT molecular complexity index is 757. The SMILES string of the molecule is O=C(c1c(F)c(F)c(F)c(F)c1F)N1CCN(Cc2ccco2)CC1. The molecule has 134 valence electrons. The quantitative estimate of drug-likeness (QED) is 0.480. The third-order valence-corrected chi connectivity index (χ3v) is 4.04. The number of halogens is 5. The second kappa shape index (κ2) is 6.83. The lowest BCUT2D eigenvalue weighted by Crippen LogP contribution is -2.48.